The Morgan fingerprint density at radius 1 is 1.23 bits per heavy atom. The Labute approximate surface area is 225 Å². The van der Waals surface area contributed by atoms with Crippen molar-refractivity contribution in [2.24, 2.45) is 0 Å². The second-order valence-corrected chi connectivity index (χ2v) is 9.67. The topological polar surface area (TPSA) is 101 Å². The Hall–Kier alpha value is -4.22. The number of rotatable bonds is 8. The van der Waals surface area contributed by atoms with Crippen LogP contribution in [0.4, 0.5) is 33.1 Å². The number of hydrogen-bond donors (Lipinski definition) is 2. The summed E-state index contributed by atoms with van der Waals surface area (Å²) in [7, 11) is 1.60. The van der Waals surface area contributed by atoms with Crippen LogP contribution in [0.15, 0.2) is 61.4 Å². The van der Waals surface area contributed by atoms with Crippen LogP contribution < -0.4 is 25.3 Å². The van der Waals surface area contributed by atoms with Crippen LogP contribution >= 0.6 is 0 Å². The largest absolute Gasteiger partial charge is 0.494 e. The number of hydroxylamine groups is 1. The molecule has 1 aromatic heterocycles. The second kappa shape index (κ2) is 10.5. The molecule has 11 heteroatoms. The number of anilines is 5. The molecule has 3 atom stereocenters. The van der Waals surface area contributed by atoms with Crippen LogP contribution in [0, 0.1) is 5.82 Å². The number of morpholine rings is 1. The molecule has 0 unspecified atom stereocenters. The van der Waals surface area contributed by atoms with Crippen molar-refractivity contribution in [3.05, 3.63) is 72.8 Å². The number of carbonyl (C=O) groups excluding carboxylic acids is 1. The van der Waals surface area contributed by atoms with Crippen LogP contribution in [0.2, 0.25) is 0 Å². The molecule has 3 aromatic rings. The minimum Gasteiger partial charge on any atom is -0.494 e. The molecule has 2 N–H and O–H groups in total. The molecule has 4 heterocycles. The molecule has 0 radical (unpaired) electrons. The highest BCUT2D eigenvalue weighted by molar-refractivity contribution is 6.02. The molecule has 0 spiro atoms. The number of benzene rings is 2. The number of halogens is 1. The summed E-state index contributed by atoms with van der Waals surface area (Å²) in [4.78, 5) is 29.2. The fourth-order valence-corrected chi connectivity index (χ4v) is 5.44. The minimum atomic E-state index is -0.313. The van der Waals surface area contributed by atoms with Crippen molar-refractivity contribution >= 4 is 34.6 Å². The lowest BCUT2D eigenvalue weighted by Gasteiger charge is -2.31. The van der Waals surface area contributed by atoms with E-state index in [2.05, 4.69) is 32.1 Å². The Bertz CT molecular complexity index is 1400. The van der Waals surface area contributed by atoms with Gasteiger partial charge in [0, 0.05) is 25.1 Å². The quantitative estimate of drug-likeness (QED) is 0.410. The Morgan fingerprint density at radius 2 is 2.13 bits per heavy atom. The second-order valence-electron chi connectivity index (χ2n) is 9.67. The molecule has 39 heavy (non-hydrogen) atoms. The normalized spacial score (nSPS) is 21.7. The van der Waals surface area contributed by atoms with E-state index in [9.17, 15) is 9.18 Å². The first-order valence-electron chi connectivity index (χ1n) is 12.8. The standard InChI is InChI=1S/C28H29FN6O4/c1-3-28(36)33-21-11-22(25(37-2)12-24(21)34-14-20-10-19(34)15-38-20)32-26-13-27(31-16-30-26)35-23(7-8-39-35)17-5-4-6-18(29)9-17/h3-6,9,11-13,16,19-20,23H,1,7-8,10,14-15H2,2H3,(H,33,36)(H,30,31,32)/t19-,20-,23+/m0/s1. The van der Waals surface area contributed by atoms with Gasteiger partial charge in [0.25, 0.3) is 0 Å². The number of ether oxygens (including phenoxy) is 2. The number of nitrogens with one attached hydrogen (secondary N) is 2. The lowest BCUT2D eigenvalue weighted by atomic mass is 10.0. The monoisotopic (exact) mass is 532 g/mol. The van der Waals surface area contributed by atoms with E-state index in [4.69, 9.17) is 14.3 Å². The third-order valence-corrected chi connectivity index (χ3v) is 7.25. The number of aromatic nitrogens is 2. The summed E-state index contributed by atoms with van der Waals surface area (Å²) < 4.78 is 25.4. The van der Waals surface area contributed by atoms with Gasteiger partial charge in [0.15, 0.2) is 5.82 Å². The van der Waals surface area contributed by atoms with Gasteiger partial charge < -0.3 is 25.0 Å². The van der Waals surface area contributed by atoms with Gasteiger partial charge in [-0.25, -0.2) is 19.4 Å². The minimum absolute atomic E-state index is 0.183. The number of nitrogens with zero attached hydrogens (tertiary/aromatic N) is 4. The summed E-state index contributed by atoms with van der Waals surface area (Å²) in [6, 6.07) is 12.0. The van der Waals surface area contributed by atoms with Crippen molar-refractivity contribution in [3.8, 4) is 5.75 Å². The number of methoxy groups -OCH3 is 1. The number of hydrogen-bond acceptors (Lipinski definition) is 9. The van der Waals surface area contributed by atoms with Crippen molar-refractivity contribution in [3.63, 3.8) is 0 Å². The number of fused-ring (bicyclic) bond motifs is 2. The van der Waals surface area contributed by atoms with Gasteiger partial charge in [-0.1, -0.05) is 18.7 Å². The molecule has 0 aliphatic carbocycles. The molecular weight excluding hydrogens is 503 g/mol. The molecule has 1 amide bonds. The van der Waals surface area contributed by atoms with Gasteiger partial charge in [0.05, 0.1) is 55.6 Å². The van der Waals surface area contributed by atoms with E-state index in [1.54, 1.807) is 24.3 Å². The zero-order chi connectivity index (χ0) is 26.9. The van der Waals surface area contributed by atoms with Crippen LogP contribution in [0.3, 0.4) is 0 Å². The van der Waals surface area contributed by atoms with Crippen LogP contribution in [-0.2, 0) is 14.4 Å². The highest BCUT2D eigenvalue weighted by atomic mass is 19.1. The maximum absolute atomic E-state index is 13.9. The Kier molecular flexibility index (Phi) is 6.76. The predicted octanol–water partition coefficient (Wildman–Crippen LogP) is 4.35. The maximum Gasteiger partial charge on any atom is 0.247 e. The highest BCUT2D eigenvalue weighted by Gasteiger charge is 2.40. The zero-order valence-electron chi connectivity index (χ0n) is 21.5. The van der Waals surface area contributed by atoms with Crippen molar-refractivity contribution in [2.75, 3.05) is 47.5 Å². The van der Waals surface area contributed by atoms with Gasteiger partial charge in [-0.2, -0.15) is 0 Å². The predicted molar refractivity (Wildman–Crippen MR) is 145 cm³/mol. The summed E-state index contributed by atoms with van der Waals surface area (Å²) in [6.07, 6.45) is 4.51. The maximum atomic E-state index is 13.9. The van der Waals surface area contributed by atoms with E-state index in [0.717, 1.165) is 24.2 Å². The summed E-state index contributed by atoms with van der Waals surface area (Å²) in [5.41, 5.74) is 2.89. The van der Waals surface area contributed by atoms with Crippen molar-refractivity contribution in [1.29, 1.82) is 0 Å². The molecule has 10 nitrogen and oxygen atoms in total. The average molecular weight is 533 g/mol. The van der Waals surface area contributed by atoms with Gasteiger partial charge >= 0.3 is 0 Å². The number of amides is 1. The molecule has 3 aliphatic heterocycles. The summed E-state index contributed by atoms with van der Waals surface area (Å²) in [5.74, 6) is 0.998. The average Bonchev–Trinajstić information content (AvgIpc) is 3.71. The third-order valence-electron chi connectivity index (χ3n) is 7.25. The van der Waals surface area contributed by atoms with Crippen molar-refractivity contribution in [1.82, 2.24) is 9.97 Å². The van der Waals surface area contributed by atoms with Gasteiger partial charge in [-0.05, 0) is 36.3 Å². The van der Waals surface area contributed by atoms with Crippen LogP contribution in [-0.4, -0.2) is 54.9 Å². The Morgan fingerprint density at radius 3 is 2.87 bits per heavy atom. The van der Waals surface area contributed by atoms with Gasteiger partial charge in [0.1, 0.15) is 23.7 Å². The molecule has 3 aliphatic rings. The van der Waals surface area contributed by atoms with E-state index < -0.39 is 0 Å². The Balaban J connectivity index is 1.30. The molecular formula is C28H29FN6O4. The lowest BCUT2D eigenvalue weighted by molar-refractivity contribution is -0.111. The van der Waals surface area contributed by atoms with Gasteiger partial charge in [-0.15, -0.1) is 0 Å². The van der Waals surface area contributed by atoms with Crippen LogP contribution in [0.1, 0.15) is 24.4 Å². The fraction of sp³-hybridized carbons (Fsp3) is 0.321. The smallest absolute Gasteiger partial charge is 0.247 e. The first kappa shape index (κ1) is 25.1. The van der Waals surface area contributed by atoms with E-state index in [1.165, 1.54) is 24.5 Å². The fourth-order valence-electron chi connectivity index (χ4n) is 5.44. The SMILES string of the molecule is C=CC(=O)Nc1cc(Nc2cc(N3OCC[C@@H]3c3cccc(F)c3)ncn2)c(OC)cc1N1C[C@@H]2C[C@H]1CO2. The number of carbonyl (C=O) groups is 1. The van der Waals surface area contributed by atoms with Gasteiger partial charge in [-0.3, -0.25) is 9.63 Å². The summed E-state index contributed by atoms with van der Waals surface area (Å²) in [6.45, 7) is 5.47. The van der Waals surface area contributed by atoms with E-state index in [0.29, 0.717) is 48.4 Å². The zero-order valence-corrected chi connectivity index (χ0v) is 21.5. The molecule has 3 saturated heterocycles. The van der Waals surface area contributed by atoms with Crippen molar-refractivity contribution < 1.29 is 23.5 Å². The van der Waals surface area contributed by atoms with Crippen molar-refractivity contribution in [2.45, 2.75) is 31.0 Å². The van der Waals surface area contributed by atoms with Crippen LogP contribution in [0.5, 0.6) is 5.75 Å². The molecule has 6 rings (SSSR count). The van der Waals surface area contributed by atoms with Gasteiger partial charge in [0.2, 0.25) is 5.91 Å². The highest BCUT2D eigenvalue weighted by Crippen LogP contribution is 2.43. The summed E-state index contributed by atoms with van der Waals surface area (Å²) in [5, 5.41) is 7.91. The van der Waals surface area contributed by atoms with E-state index in [1.807, 2.05) is 18.2 Å². The first-order chi connectivity index (χ1) is 19.0. The summed E-state index contributed by atoms with van der Waals surface area (Å²) >= 11 is 0. The third kappa shape index (κ3) is 4.98. The lowest BCUT2D eigenvalue weighted by Crippen LogP contribution is -2.37. The van der Waals surface area contributed by atoms with Crippen LogP contribution in [0.25, 0.3) is 0 Å². The molecule has 2 aromatic carbocycles. The molecule has 202 valence electrons. The van der Waals surface area contributed by atoms with E-state index >= 15 is 0 Å². The van der Waals surface area contributed by atoms with E-state index in [-0.39, 0.29) is 29.9 Å². The molecule has 3 fully saturated rings. The first-order valence-corrected chi connectivity index (χ1v) is 12.8. The molecule has 2 bridgehead atoms. The molecule has 0 saturated carbocycles.